The summed E-state index contributed by atoms with van der Waals surface area (Å²) in [6.07, 6.45) is 2.16. The maximum absolute atomic E-state index is 11.5. The zero-order valence-electron chi connectivity index (χ0n) is 11.4. The molecule has 1 N–H and O–H groups in total. The zero-order chi connectivity index (χ0) is 14.8. The standard InChI is InChI=1S/C14H14BrN3O3/c1-20-14(19)12-5-8(7-17-12)21-13-9(15)6-11-10(18-13)3-2-4-16-11/h2-4,6,8,12,17H,5,7H2,1H3/t8-,12+/m1/s1. The van der Waals surface area contributed by atoms with Crippen LogP contribution in [-0.4, -0.2) is 41.7 Å². The van der Waals surface area contributed by atoms with E-state index in [0.717, 1.165) is 15.5 Å². The van der Waals surface area contributed by atoms with E-state index in [2.05, 4.69) is 31.2 Å². The molecule has 3 heterocycles. The Bertz CT molecular complexity index is 680. The Labute approximate surface area is 130 Å². The molecule has 2 atom stereocenters. The average Bonchev–Trinajstić information content (AvgIpc) is 2.96. The number of esters is 1. The summed E-state index contributed by atoms with van der Waals surface area (Å²) < 4.78 is 11.4. The minimum atomic E-state index is -0.319. The first-order chi connectivity index (χ1) is 10.2. The normalized spacial score (nSPS) is 21.4. The Morgan fingerprint density at radius 3 is 3.14 bits per heavy atom. The Morgan fingerprint density at radius 1 is 1.48 bits per heavy atom. The molecule has 7 heteroatoms. The summed E-state index contributed by atoms with van der Waals surface area (Å²) in [6.45, 7) is 0.582. The molecule has 0 bridgehead atoms. The summed E-state index contributed by atoms with van der Waals surface area (Å²) in [5.41, 5.74) is 1.57. The van der Waals surface area contributed by atoms with E-state index >= 15 is 0 Å². The molecule has 2 aromatic heterocycles. The molecule has 1 aliphatic heterocycles. The number of methoxy groups -OCH3 is 1. The Kier molecular flexibility index (Phi) is 4.03. The maximum atomic E-state index is 11.5. The highest BCUT2D eigenvalue weighted by Crippen LogP contribution is 2.28. The topological polar surface area (TPSA) is 73.3 Å². The number of aromatic nitrogens is 2. The van der Waals surface area contributed by atoms with Gasteiger partial charge in [0.15, 0.2) is 0 Å². The van der Waals surface area contributed by atoms with Gasteiger partial charge in [0.2, 0.25) is 5.88 Å². The van der Waals surface area contributed by atoms with Gasteiger partial charge in [0.25, 0.3) is 0 Å². The number of rotatable bonds is 3. The monoisotopic (exact) mass is 351 g/mol. The second-order valence-electron chi connectivity index (χ2n) is 4.78. The van der Waals surface area contributed by atoms with Crippen LogP contribution in [0.5, 0.6) is 5.88 Å². The van der Waals surface area contributed by atoms with E-state index in [1.807, 2.05) is 18.2 Å². The molecule has 3 rings (SSSR count). The zero-order valence-corrected chi connectivity index (χ0v) is 13.0. The summed E-state index contributed by atoms with van der Waals surface area (Å²) in [4.78, 5) is 20.2. The Balaban J connectivity index is 1.76. The highest BCUT2D eigenvalue weighted by atomic mass is 79.9. The van der Waals surface area contributed by atoms with Crippen LogP contribution in [0.2, 0.25) is 0 Å². The second-order valence-corrected chi connectivity index (χ2v) is 5.63. The van der Waals surface area contributed by atoms with Gasteiger partial charge in [0.05, 0.1) is 22.6 Å². The van der Waals surface area contributed by atoms with Crippen LogP contribution in [0.3, 0.4) is 0 Å². The highest BCUT2D eigenvalue weighted by Gasteiger charge is 2.32. The van der Waals surface area contributed by atoms with Crippen molar-refractivity contribution in [2.45, 2.75) is 18.6 Å². The van der Waals surface area contributed by atoms with E-state index in [9.17, 15) is 4.79 Å². The lowest BCUT2D eigenvalue weighted by Crippen LogP contribution is -2.31. The van der Waals surface area contributed by atoms with Crippen molar-refractivity contribution < 1.29 is 14.3 Å². The van der Waals surface area contributed by atoms with Crippen LogP contribution in [0.4, 0.5) is 0 Å². The quantitative estimate of drug-likeness (QED) is 0.848. The average molecular weight is 352 g/mol. The predicted molar refractivity (Wildman–Crippen MR) is 80.1 cm³/mol. The first-order valence-electron chi connectivity index (χ1n) is 6.56. The molecule has 2 aromatic rings. The fourth-order valence-electron chi connectivity index (χ4n) is 2.31. The van der Waals surface area contributed by atoms with Gasteiger partial charge in [-0.05, 0) is 34.1 Å². The molecule has 21 heavy (non-hydrogen) atoms. The first kappa shape index (κ1) is 14.2. The van der Waals surface area contributed by atoms with Gasteiger partial charge >= 0.3 is 5.97 Å². The lowest BCUT2D eigenvalue weighted by atomic mass is 10.2. The summed E-state index contributed by atoms with van der Waals surface area (Å²) in [6, 6.07) is 5.27. The Hall–Kier alpha value is -1.73. The van der Waals surface area contributed by atoms with Gasteiger partial charge in [-0.25, -0.2) is 4.98 Å². The summed E-state index contributed by atoms with van der Waals surface area (Å²) >= 11 is 3.44. The molecule has 1 fully saturated rings. The van der Waals surface area contributed by atoms with Crippen molar-refractivity contribution >= 4 is 32.9 Å². The maximum Gasteiger partial charge on any atom is 0.323 e. The molecule has 1 saturated heterocycles. The lowest BCUT2D eigenvalue weighted by Gasteiger charge is -2.13. The van der Waals surface area contributed by atoms with Gasteiger partial charge in [-0.3, -0.25) is 9.78 Å². The van der Waals surface area contributed by atoms with Gasteiger partial charge in [-0.2, -0.15) is 0 Å². The molecule has 0 radical (unpaired) electrons. The van der Waals surface area contributed by atoms with Gasteiger partial charge in [-0.15, -0.1) is 0 Å². The van der Waals surface area contributed by atoms with E-state index in [1.165, 1.54) is 7.11 Å². The third-order valence-corrected chi connectivity index (χ3v) is 3.93. The predicted octanol–water partition coefficient (Wildman–Crippen LogP) is 1.67. The fourth-order valence-corrected chi connectivity index (χ4v) is 2.71. The fraction of sp³-hybridized carbons (Fsp3) is 0.357. The number of ether oxygens (including phenoxy) is 2. The van der Waals surface area contributed by atoms with Crippen molar-refractivity contribution in [3.63, 3.8) is 0 Å². The van der Waals surface area contributed by atoms with Crippen LogP contribution in [0.1, 0.15) is 6.42 Å². The smallest absolute Gasteiger partial charge is 0.323 e. The lowest BCUT2D eigenvalue weighted by molar-refractivity contribution is -0.142. The van der Waals surface area contributed by atoms with Gasteiger partial charge in [0, 0.05) is 19.2 Å². The van der Waals surface area contributed by atoms with Crippen molar-refractivity contribution in [1.82, 2.24) is 15.3 Å². The molecule has 6 nitrogen and oxygen atoms in total. The van der Waals surface area contributed by atoms with Gasteiger partial charge in [-0.1, -0.05) is 0 Å². The molecule has 1 aliphatic rings. The minimum absolute atomic E-state index is 0.118. The number of hydrogen-bond acceptors (Lipinski definition) is 6. The van der Waals surface area contributed by atoms with Gasteiger partial charge < -0.3 is 14.8 Å². The first-order valence-corrected chi connectivity index (χ1v) is 7.36. The summed E-state index contributed by atoms with van der Waals surface area (Å²) in [5, 5.41) is 3.08. The van der Waals surface area contributed by atoms with Crippen molar-refractivity contribution in [1.29, 1.82) is 0 Å². The molecule has 0 saturated carbocycles. The second kappa shape index (κ2) is 5.95. The number of hydrogen-bond donors (Lipinski definition) is 1. The van der Waals surface area contributed by atoms with Crippen molar-refractivity contribution in [3.8, 4) is 5.88 Å². The van der Waals surface area contributed by atoms with Crippen LogP contribution in [-0.2, 0) is 9.53 Å². The molecule has 0 amide bonds. The molecular weight excluding hydrogens is 338 g/mol. The number of nitrogens with one attached hydrogen (secondary N) is 1. The SMILES string of the molecule is COC(=O)[C@@H]1C[C@@H](Oc2nc3cccnc3cc2Br)CN1. The number of nitrogens with zero attached hydrogens (tertiary/aromatic N) is 2. The summed E-state index contributed by atoms with van der Waals surface area (Å²) in [7, 11) is 1.38. The van der Waals surface area contributed by atoms with Crippen LogP contribution in [0.25, 0.3) is 11.0 Å². The molecular formula is C14H14BrN3O3. The third kappa shape index (κ3) is 2.98. The minimum Gasteiger partial charge on any atom is -0.472 e. The van der Waals surface area contributed by atoms with Crippen molar-refractivity contribution in [3.05, 3.63) is 28.9 Å². The van der Waals surface area contributed by atoms with E-state index < -0.39 is 0 Å². The highest BCUT2D eigenvalue weighted by molar-refractivity contribution is 9.10. The van der Waals surface area contributed by atoms with E-state index in [4.69, 9.17) is 9.47 Å². The van der Waals surface area contributed by atoms with Gasteiger partial charge in [0.1, 0.15) is 12.1 Å². The van der Waals surface area contributed by atoms with Crippen LogP contribution < -0.4 is 10.1 Å². The van der Waals surface area contributed by atoms with E-state index in [0.29, 0.717) is 18.8 Å². The number of pyridine rings is 2. The number of carbonyl (C=O) groups excluding carboxylic acids is 1. The van der Waals surface area contributed by atoms with Crippen LogP contribution >= 0.6 is 15.9 Å². The largest absolute Gasteiger partial charge is 0.472 e. The molecule has 0 unspecified atom stereocenters. The van der Waals surface area contributed by atoms with Crippen molar-refractivity contribution in [2.75, 3.05) is 13.7 Å². The number of halogens is 1. The van der Waals surface area contributed by atoms with E-state index in [-0.39, 0.29) is 18.1 Å². The Morgan fingerprint density at radius 2 is 2.33 bits per heavy atom. The summed E-state index contributed by atoms with van der Waals surface area (Å²) in [5.74, 6) is 0.239. The third-order valence-electron chi connectivity index (χ3n) is 3.36. The molecule has 0 aromatic carbocycles. The number of fused-ring (bicyclic) bond motifs is 1. The van der Waals surface area contributed by atoms with Crippen molar-refractivity contribution in [2.24, 2.45) is 0 Å². The number of carbonyl (C=O) groups is 1. The van der Waals surface area contributed by atoms with E-state index in [1.54, 1.807) is 6.20 Å². The molecule has 0 spiro atoms. The molecule has 0 aliphatic carbocycles. The van der Waals surface area contributed by atoms with Crippen LogP contribution in [0.15, 0.2) is 28.9 Å². The molecule has 110 valence electrons. The van der Waals surface area contributed by atoms with Crippen LogP contribution in [0, 0.1) is 0 Å².